The predicted molar refractivity (Wildman–Crippen MR) is 99.4 cm³/mol. The highest BCUT2D eigenvalue weighted by Gasteiger charge is 2.30. The second-order valence-corrected chi connectivity index (χ2v) is 6.96. The Labute approximate surface area is 159 Å². The van der Waals surface area contributed by atoms with Gasteiger partial charge in [-0.05, 0) is 55.8 Å². The number of hydrogen-bond acceptors (Lipinski definition) is 4. The predicted octanol–water partition coefficient (Wildman–Crippen LogP) is 2.99. The van der Waals surface area contributed by atoms with Gasteiger partial charge in [0.15, 0.2) is 0 Å². The summed E-state index contributed by atoms with van der Waals surface area (Å²) in [6.45, 7) is 4.41. The molecule has 2 aliphatic heterocycles. The molecule has 0 radical (unpaired) electrons. The van der Waals surface area contributed by atoms with Crippen molar-refractivity contribution in [2.24, 2.45) is 0 Å². The summed E-state index contributed by atoms with van der Waals surface area (Å²) in [6, 6.07) is 5.21. The fourth-order valence-electron chi connectivity index (χ4n) is 3.43. The number of hydrogen-bond donors (Lipinski definition) is 1. The zero-order valence-corrected chi connectivity index (χ0v) is 15.4. The molecule has 1 N–H and O–H groups in total. The monoisotopic (exact) mass is 388 g/mol. The number of anilines is 1. The Kier molecular flexibility index (Phi) is 4.30. The zero-order chi connectivity index (χ0) is 20.1. The highest BCUT2D eigenvalue weighted by atomic mass is 19.4. The Morgan fingerprint density at radius 2 is 1.89 bits per heavy atom. The van der Waals surface area contributed by atoms with Gasteiger partial charge in [-0.2, -0.15) is 18.3 Å². The fourth-order valence-corrected chi connectivity index (χ4v) is 3.43. The molecule has 2 aromatic rings. The molecule has 1 atom stereocenters. The van der Waals surface area contributed by atoms with E-state index < -0.39 is 11.7 Å². The Morgan fingerprint density at radius 3 is 2.54 bits per heavy atom. The molecule has 3 heterocycles. The Bertz CT molecular complexity index is 1080. The number of hydroxylamine groups is 2. The number of nitrogens with zero attached hydrogens (tertiary/aromatic N) is 4. The molecule has 8 heteroatoms. The van der Waals surface area contributed by atoms with Crippen LogP contribution in [0.4, 0.5) is 18.9 Å². The van der Waals surface area contributed by atoms with Crippen LogP contribution in [0.3, 0.4) is 0 Å². The fraction of sp³-hybridized carbons (Fsp3) is 0.250. The average molecular weight is 388 g/mol. The van der Waals surface area contributed by atoms with Crippen LogP contribution in [0.2, 0.25) is 0 Å². The first kappa shape index (κ1) is 18.4. The van der Waals surface area contributed by atoms with E-state index in [1.165, 1.54) is 12.1 Å². The van der Waals surface area contributed by atoms with Gasteiger partial charge in [0.2, 0.25) is 0 Å². The molecule has 0 spiro atoms. The lowest BCUT2D eigenvalue weighted by Crippen LogP contribution is -2.43. The average Bonchev–Trinajstić information content (AvgIpc) is 3.08. The summed E-state index contributed by atoms with van der Waals surface area (Å²) in [5, 5.41) is 17.0. The largest absolute Gasteiger partial charge is 0.416 e. The second kappa shape index (κ2) is 6.56. The lowest BCUT2D eigenvalue weighted by Gasteiger charge is -2.29. The maximum absolute atomic E-state index is 12.8. The molecule has 0 saturated heterocycles. The van der Waals surface area contributed by atoms with Crippen molar-refractivity contribution in [3.8, 4) is 0 Å². The summed E-state index contributed by atoms with van der Waals surface area (Å²) in [4.78, 5) is 1.94. The van der Waals surface area contributed by atoms with E-state index in [1.54, 1.807) is 25.4 Å². The molecule has 0 aliphatic carbocycles. The third kappa shape index (κ3) is 3.20. The van der Waals surface area contributed by atoms with E-state index in [9.17, 15) is 18.4 Å². The van der Waals surface area contributed by atoms with Gasteiger partial charge in [0, 0.05) is 35.5 Å². The van der Waals surface area contributed by atoms with Crippen LogP contribution >= 0.6 is 0 Å². The molecule has 0 amide bonds. The minimum absolute atomic E-state index is 0.0450. The van der Waals surface area contributed by atoms with Gasteiger partial charge in [0.25, 0.3) is 0 Å². The summed E-state index contributed by atoms with van der Waals surface area (Å²) < 4.78 is 40.4. The first-order chi connectivity index (χ1) is 13.2. The summed E-state index contributed by atoms with van der Waals surface area (Å²) in [6.07, 6.45) is 4.54. The number of allylic oxidation sites excluding steroid dienone is 3. The standard InChI is InChI=1S/C20H19F3N4O/c1-13-9-15(7-8-26(13)28)18-10-24-27-14(2)11-25(12-19(18)27)17-5-3-16(4-6-17)20(21,22)23/h3-10,12,14,28H,11H2,1-2H3/t14-/m0/s1. The number of fused-ring (bicyclic) bond motifs is 1. The highest BCUT2D eigenvalue weighted by Crippen LogP contribution is 2.31. The van der Waals surface area contributed by atoms with E-state index in [4.69, 9.17) is 0 Å². The maximum atomic E-state index is 12.8. The van der Waals surface area contributed by atoms with E-state index in [-0.39, 0.29) is 6.04 Å². The first-order valence-corrected chi connectivity index (χ1v) is 8.82. The van der Waals surface area contributed by atoms with Crippen molar-refractivity contribution in [3.05, 3.63) is 70.6 Å². The van der Waals surface area contributed by atoms with Gasteiger partial charge < -0.3 is 4.90 Å². The van der Waals surface area contributed by atoms with E-state index in [1.807, 2.05) is 28.8 Å². The number of aromatic nitrogens is 2. The molecule has 146 valence electrons. The number of alkyl halides is 3. The van der Waals surface area contributed by atoms with Crippen molar-refractivity contribution in [1.82, 2.24) is 14.8 Å². The molecule has 4 rings (SSSR count). The molecule has 5 nitrogen and oxygen atoms in total. The SMILES string of the molecule is CC1=CC(=c2cnn3c2=CN(c2ccc(C(F)(F)F)cc2)C[C@@H]3C)C=CN1O. The quantitative estimate of drug-likeness (QED) is 0.816. The third-order valence-electron chi connectivity index (χ3n) is 4.95. The van der Waals surface area contributed by atoms with Crippen LogP contribution in [0.1, 0.15) is 25.5 Å². The van der Waals surface area contributed by atoms with Gasteiger partial charge in [0.05, 0.1) is 23.2 Å². The summed E-state index contributed by atoms with van der Waals surface area (Å²) in [5.74, 6) is 0. The Balaban J connectivity index is 1.80. The molecule has 0 bridgehead atoms. The van der Waals surface area contributed by atoms with E-state index in [0.29, 0.717) is 17.9 Å². The highest BCUT2D eigenvalue weighted by molar-refractivity contribution is 5.69. The van der Waals surface area contributed by atoms with Gasteiger partial charge in [-0.25, -0.2) is 5.06 Å². The van der Waals surface area contributed by atoms with Gasteiger partial charge in [-0.1, -0.05) is 0 Å². The lowest BCUT2D eigenvalue weighted by molar-refractivity contribution is -0.137. The van der Waals surface area contributed by atoms with Crippen molar-refractivity contribution in [1.29, 1.82) is 0 Å². The number of benzene rings is 1. The van der Waals surface area contributed by atoms with Crippen LogP contribution < -0.4 is 15.5 Å². The molecule has 1 aromatic carbocycles. The molecule has 1 aromatic heterocycles. The molecule has 2 aliphatic rings. The van der Waals surface area contributed by atoms with E-state index >= 15 is 0 Å². The second-order valence-electron chi connectivity index (χ2n) is 6.96. The Morgan fingerprint density at radius 1 is 1.18 bits per heavy atom. The molecule has 0 saturated carbocycles. The first-order valence-electron chi connectivity index (χ1n) is 8.82. The molecule has 0 fully saturated rings. The molecule has 28 heavy (non-hydrogen) atoms. The third-order valence-corrected chi connectivity index (χ3v) is 4.95. The van der Waals surface area contributed by atoms with Gasteiger partial charge in [-0.15, -0.1) is 0 Å². The van der Waals surface area contributed by atoms with Crippen LogP contribution in [0.15, 0.2) is 54.5 Å². The molecular formula is C20H19F3N4O. The van der Waals surface area contributed by atoms with Crippen LogP contribution in [-0.4, -0.2) is 26.6 Å². The van der Waals surface area contributed by atoms with Crippen LogP contribution in [-0.2, 0) is 6.18 Å². The number of rotatable bonds is 1. The Hall–Kier alpha value is -3.00. The van der Waals surface area contributed by atoms with Crippen molar-refractivity contribution in [3.63, 3.8) is 0 Å². The van der Waals surface area contributed by atoms with Crippen molar-refractivity contribution in [2.75, 3.05) is 11.4 Å². The normalized spacial score (nSPS) is 21.4. The molecule has 0 unspecified atom stereocenters. The molecular weight excluding hydrogens is 369 g/mol. The minimum atomic E-state index is -4.35. The van der Waals surface area contributed by atoms with Crippen molar-refractivity contribution >= 4 is 17.5 Å². The summed E-state index contributed by atoms with van der Waals surface area (Å²) in [5.41, 5.74) is 1.61. The van der Waals surface area contributed by atoms with Gasteiger partial charge >= 0.3 is 6.18 Å². The lowest BCUT2D eigenvalue weighted by atomic mass is 10.1. The van der Waals surface area contributed by atoms with Gasteiger partial charge in [-0.3, -0.25) is 9.89 Å². The summed E-state index contributed by atoms with van der Waals surface area (Å²) in [7, 11) is 0. The van der Waals surface area contributed by atoms with Crippen LogP contribution in [0.5, 0.6) is 0 Å². The maximum Gasteiger partial charge on any atom is 0.416 e. The van der Waals surface area contributed by atoms with Crippen molar-refractivity contribution < 1.29 is 18.4 Å². The van der Waals surface area contributed by atoms with Crippen LogP contribution in [0.25, 0.3) is 11.8 Å². The van der Waals surface area contributed by atoms with E-state index in [0.717, 1.165) is 33.3 Å². The summed E-state index contributed by atoms with van der Waals surface area (Å²) >= 11 is 0. The van der Waals surface area contributed by atoms with E-state index in [2.05, 4.69) is 5.10 Å². The number of halogens is 3. The van der Waals surface area contributed by atoms with Crippen LogP contribution in [0, 0.1) is 0 Å². The van der Waals surface area contributed by atoms with Crippen molar-refractivity contribution in [2.45, 2.75) is 26.1 Å². The zero-order valence-electron chi connectivity index (χ0n) is 15.4. The smallest absolute Gasteiger partial charge is 0.344 e. The topological polar surface area (TPSA) is 44.5 Å². The van der Waals surface area contributed by atoms with Gasteiger partial charge in [0.1, 0.15) is 0 Å². The minimum Gasteiger partial charge on any atom is -0.344 e.